The van der Waals surface area contributed by atoms with Crippen LogP contribution in [0.1, 0.15) is 49.2 Å². The summed E-state index contributed by atoms with van der Waals surface area (Å²) >= 11 is 1.40. The van der Waals surface area contributed by atoms with Crippen molar-refractivity contribution >= 4 is 29.2 Å². The zero-order valence-corrected chi connectivity index (χ0v) is 21.5. The Bertz CT molecular complexity index is 1070. The molecule has 0 saturated carbocycles. The number of aromatic nitrogens is 1. The SMILES string of the molecule is CCCC(c1ccc(OCC(=O)N2CCC(C(N)=O)CC2)cc1)N(C)C(O)/C(C#N)=C/c1nccs1. The van der Waals surface area contributed by atoms with Gasteiger partial charge in [0.05, 0.1) is 11.6 Å². The number of thiazole rings is 1. The number of aliphatic hydroxyl groups excluding tert-OH is 1. The molecule has 192 valence electrons. The first kappa shape index (κ1) is 27.3. The zero-order chi connectivity index (χ0) is 26.1. The van der Waals surface area contributed by atoms with Gasteiger partial charge in [0, 0.05) is 36.6 Å². The van der Waals surface area contributed by atoms with Crippen molar-refractivity contribution in [3.63, 3.8) is 0 Å². The lowest BCUT2D eigenvalue weighted by Crippen LogP contribution is -2.43. The minimum absolute atomic E-state index is 0.0787. The molecule has 10 heteroatoms. The fraction of sp³-hybridized carbons (Fsp3) is 0.462. The van der Waals surface area contributed by atoms with Crippen molar-refractivity contribution in [2.45, 2.75) is 44.9 Å². The van der Waals surface area contributed by atoms with Gasteiger partial charge in [-0.2, -0.15) is 5.26 Å². The van der Waals surface area contributed by atoms with Gasteiger partial charge in [-0.15, -0.1) is 11.3 Å². The van der Waals surface area contributed by atoms with Crippen molar-refractivity contribution < 1.29 is 19.4 Å². The lowest BCUT2D eigenvalue weighted by molar-refractivity contribution is -0.136. The van der Waals surface area contributed by atoms with Crippen LogP contribution < -0.4 is 10.5 Å². The molecule has 0 spiro atoms. The first-order valence-corrected chi connectivity index (χ1v) is 12.9. The van der Waals surface area contributed by atoms with Crippen LogP contribution in [0.4, 0.5) is 0 Å². The summed E-state index contributed by atoms with van der Waals surface area (Å²) < 4.78 is 5.71. The van der Waals surface area contributed by atoms with Crippen LogP contribution in [0.5, 0.6) is 5.75 Å². The zero-order valence-electron chi connectivity index (χ0n) is 20.7. The number of nitriles is 1. The summed E-state index contributed by atoms with van der Waals surface area (Å²) in [5, 5.41) is 23.0. The monoisotopic (exact) mass is 511 g/mol. The Morgan fingerprint density at radius 1 is 1.36 bits per heavy atom. The van der Waals surface area contributed by atoms with Crippen LogP contribution in [0.15, 0.2) is 41.4 Å². The predicted octanol–water partition coefficient (Wildman–Crippen LogP) is 2.94. The fourth-order valence-electron chi connectivity index (χ4n) is 4.31. The number of nitrogens with zero attached hydrogens (tertiary/aromatic N) is 4. The highest BCUT2D eigenvalue weighted by Crippen LogP contribution is 2.29. The van der Waals surface area contributed by atoms with Crippen molar-refractivity contribution in [3.05, 3.63) is 52.0 Å². The molecule has 1 fully saturated rings. The molecule has 2 heterocycles. The number of likely N-dealkylation sites (tertiary alicyclic amines) is 1. The number of piperidine rings is 1. The van der Waals surface area contributed by atoms with E-state index < -0.39 is 6.23 Å². The third-order valence-corrected chi connectivity index (χ3v) is 7.18. The number of hydrogen-bond acceptors (Lipinski definition) is 8. The Kier molecular flexibility index (Phi) is 9.99. The molecule has 3 rings (SSSR count). The van der Waals surface area contributed by atoms with Gasteiger partial charge in [0.1, 0.15) is 17.0 Å². The van der Waals surface area contributed by atoms with Crippen LogP contribution in [0.25, 0.3) is 6.08 Å². The number of likely N-dealkylation sites (N-methyl/N-ethyl adjacent to an activating group) is 1. The number of rotatable bonds is 11. The molecular weight excluding hydrogens is 478 g/mol. The number of primary amides is 1. The van der Waals surface area contributed by atoms with Crippen LogP contribution >= 0.6 is 11.3 Å². The van der Waals surface area contributed by atoms with Gasteiger partial charge in [0.15, 0.2) is 6.61 Å². The molecule has 1 aliphatic heterocycles. The first-order valence-electron chi connectivity index (χ1n) is 12.0. The Morgan fingerprint density at radius 3 is 2.61 bits per heavy atom. The number of amides is 2. The highest BCUT2D eigenvalue weighted by molar-refractivity contribution is 7.10. The molecule has 9 nitrogen and oxygen atoms in total. The van der Waals surface area contributed by atoms with Gasteiger partial charge in [-0.05, 0) is 50.1 Å². The highest BCUT2D eigenvalue weighted by atomic mass is 32.1. The van der Waals surface area contributed by atoms with E-state index in [0.29, 0.717) is 36.7 Å². The first-order chi connectivity index (χ1) is 17.3. The summed E-state index contributed by atoms with van der Waals surface area (Å²) in [6.45, 7) is 3.00. The molecule has 1 aliphatic rings. The second kappa shape index (κ2) is 13.2. The molecule has 0 radical (unpaired) electrons. The molecule has 0 bridgehead atoms. The summed E-state index contributed by atoms with van der Waals surface area (Å²) in [6, 6.07) is 9.42. The standard InChI is InChI=1S/C26H33N5O4S/c1-3-4-22(30(2)26(34)20(16-27)15-23-29-11-14-36-23)18-5-7-21(8-6-18)35-17-24(32)31-12-9-19(10-13-31)25(28)33/h5-8,11,14-15,19,22,26,34H,3-4,9-10,12-13,17H2,1-2H3,(H2,28,33)/b20-15+. The number of carbonyl (C=O) groups excluding carboxylic acids is 2. The van der Waals surface area contributed by atoms with E-state index >= 15 is 0 Å². The normalized spacial score (nSPS) is 16.4. The van der Waals surface area contributed by atoms with E-state index in [1.54, 1.807) is 41.3 Å². The minimum atomic E-state index is -1.08. The largest absolute Gasteiger partial charge is 0.484 e. The van der Waals surface area contributed by atoms with Gasteiger partial charge in [-0.25, -0.2) is 4.98 Å². The number of benzene rings is 1. The lowest BCUT2D eigenvalue weighted by Gasteiger charge is -2.32. The Morgan fingerprint density at radius 2 is 2.06 bits per heavy atom. The molecule has 3 N–H and O–H groups in total. The highest BCUT2D eigenvalue weighted by Gasteiger charge is 2.27. The maximum atomic E-state index is 12.5. The maximum absolute atomic E-state index is 12.5. The van der Waals surface area contributed by atoms with Crippen molar-refractivity contribution in [1.82, 2.24) is 14.8 Å². The number of nitrogens with two attached hydrogens (primary N) is 1. The molecule has 1 saturated heterocycles. The average molecular weight is 512 g/mol. The van der Waals surface area contributed by atoms with Crippen molar-refractivity contribution in [1.29, 1.82) is 5.26 Å². The van der Waals surface area contributed by atoms with Gasteiger partial charge in [-0.1, -0.05) is 25.5 Å². The van der Waals surface area contributed by atoms with Gasteiger partial charge in [0.25, 0.3) is 5.91 Å². The predicted molar refractivity (Wildman–Crippen MR) is 138 cm³/mol. The van der Waals surface area contributed by atoms with Gasteiger partial charge in [-0.3, -0.25) is 14.5 Å². The quantitative estimate of drug-likeness (QED) is 0.350. The van der Waals surface area contributed by atoms with Crippen LogP contribution in [-0.4, -0.2) is 64.7 Å². The Labute approximate surface area is 215 Å². The van der Waals surface area contributed by atoms with E-state index in [1.165, 1.54) is 11.3 Å². The van der Waals surface area contributed by atoms with Crippen molar-refractivity contribution in [3.8, 4) is 11.8 Å². The number of aliphatic hydroxyl groups is 1. The second-order valence-electron chi connectivity index (χ2n) is 8.84. The van der Waals surface area contributed by atoms with Crippen LogP contribution in [0.3, 0.4) is 0 Å². The lowest BCUT2D eigenvalue weighted by atomic mass is 9.96. The molecule has 2 amide bonds. The van der Waals surface area contributed by atoms with E-state index in [4.69, 9.17) is 10.5 Å². The molecule has 2 atom stereocenters. The maximum Gasteiger partial charge on any atom is 0.260 e. The van der Waals surface area contributed by atoms with Crippen molar-refractivity contribution in [2.24, 2.45) is 11.7 Å². The van der Waals surface area contributed by atoms with E-state index in [2.05, 4.69) is 18.0 Å². The fourth-order valence-corrected chi connectivity index (χ4v) is 4.89. The number of carbonyl (C=O) groups is 2. The van der Waals surface area contributed by atoms with Gasteiger partial charge in [0.2, 0.25) is 5.91 Å². The molecule has 1 aromatic carbocycles. The molecule has 36 heavy (non-hydrogen) atoms. The second-order valence-corrected chi connectivity index (χ2v) is 9.77. The topological polar surface area (TPSA) is 133 Å². The van der Waals surface area contributed by atoms with Crippen LogP contribution in [0.2, 0.25) is 0 Å². The number of hydrogen-bond donors (Lipinski definition) is 2. The van der Waals surface area contributed by atoms with Gasteiger partial charge < -0.3 is 20.5 Å². The Balaban J connectivity index is 1.61. The molecule has 2 unspecified atom stereocenters. The summed E-state index contributed by atoms with van der Waals surface area (Å²) in [5.41, 5.74) is 6.55. The van der Waals surface area contributed by atoms with E-state index in [9.17, 15) is 20.0 Å². The summed E-state index contributed by atoms with van der Waals surface area (Å²) in [7, 11) is 1.79. The third kappa shape index (κ3) is 7.13. The Hall–Kier alpha value is -3.26. The molecule has 1 aromatic heterocycles. The summed E-state index contributed by atoms with van der Waals surface area (Å²) in [6.07, 6.45) is 5.02. The van der Waals surface area contributed by atoms with Gasteiger partial charge >= 0.3 is 0 Å². The smallest absolute Gasteiger partial charge is 0.260 e. The van der Waals surface area contributed by atoms with Crippen LogP contribution in [0, 0.1) is 17.2 Å². The van der Waals surface area contributed by atoms with Crippen molar-refractivity contribution in [2.75, 3.05) is 26.7 Å². The molecular formula is C26H33N5O4S. The summed E-state index contributed by atoms with van der Waals surface area (Å²) in [4.78, 5) is 31.4. The third-order valence-electron chi connectivity index (χ3n) is 6.45. The van der Waals surface area contributed by atoms with Crippen LogP contribution in [-0.2, 0) is 9.59 Å². The van der Waals surface area contributed by atoms with E-state index in [-0.39, 0.29) is 36.0 Å². The minimum Gasteiger partial charge on any atom is -0.484 e. The summed E-state index contributed by atoms with van der Waals surface area (Å²) in [5.74, 6) is -0.0246. The van der Waals surface area contributed by atoms with E-state index in [0.717, 1.165) is 18.4 Å². The number of ether oxygens (including phenoxy) is 1. The molecule has 2 aromatic rings. The average Bonchev–Trinajstić information content (AvgIpc) is 3.42. The van der Waals surface area contributed by atoms with E-state index in [1.807, 2.05) is 17.5 Å². The molecule has 0 aliphatic carbocycles.